The van der Waals surface area contributed by atoms with Gasteiger partial charge in [-0.1, -0.05) is 18.0 Å². The molecule has 1 aromatic carbocycles. The molecule has 4 heteroatoms. The molecule has 2 aliphatic rings. The van der Waals surface area contributed by atoms with E-state index in [2.05, 4.69) is 9.80 Å². The molecule has 0 radical (unpaired) electrons. The first kappa shape index (κ1) is 15.1. The van der Waals surface area contributed by atoms with Crippen molar-refractivity contribution < 1.29 is 0 Å². The average Bonchev–Trinajstić information content (AvgIpc) is 2.53. The van der Waals surface area contributed by atoms with Gasteiger partial charge in [0, 0.05) is 23.3 Å². The van der Waals surface area contributed by atoms with Crippen LogP contribution in [0.4, 0.5) is 5.69 Å². The van der Waals surface area contributed by atoms with E-state index in [9.17, 15) is 0 Å². The summed E-state index contributed by atoms with van der Waals surface area (Å²) in [6.07, 6.45) is 6.78. The van der Waals surface area contributed by atoms with Crippen molar-refractivity contribution in [3.63, 3.8) is 0 Å². The molecule has 2 N–H and O–H groups in total. The summed E-state index contributed by atoms with van der Waals surface area (Å²) in [5.74, 6) is 0. The van der Waals surface area contributed by atoms with E-state index in [0.29, 0.717) is 0 Å². The van der Waals surface area contributed by atoms with E-state index >= 15 is 0 Å². The second-order valence-corrected chi connectivity index (χ2v) is 6.88. The number of halogens is 1. The van der Waals surface area contributed by atoms with Crippen LogP contribution in [0.3, 0.4) is 0 Å². The zero-order valence-corrected chi connectivity index (χ0v) is 13.5. The Labute approximate surface area is 133 Å². The first-order chi connectivity index (χ1) is 10.2. The summed E-state index contributed by atoms with van der Waals surface area (Å²) in [5, 5.41) is 0.780. The summed E-state index contributed by atoms with van der Waals surface area (Å²) < 4.78 is 0. The zero-order valence-electron chi connectivity index (χ0n) is 12.7. The highest BCUT2D eigenvalue weighted by molar-refractivity contribution is 6.30. The van der Waals surface area contributed by atoms with E-state index in [-0.39, 0.29) is 0 Å². The molecule has 2 fully saturated rings. The van der Waals surface area contributed by atoms with Gasteiger partial charge in [-0.3, -0.25) is 4.90 Å². The molecule has 2 aliphatic heterocycles. The van der Waals surface area contributed by atoms with Crippen molar-refractivity contribution in [2.24, 2.45) is 0 Å². The predicted molar refractivity (Wildman–Crippen MR) is 89.6 cm³/mol. The summed E-state index contributed by atoms with van der Waals surface area (Å²) in [4.78, 5) is 5.23. The molecular weight excluding hydrogens is 282 g/mol. The zero-order chi connectivity index (χ0) is 14.7. The fraction of sp³-hybridized carbons (Fsp3) is 0.647. The molecule has 0 amide bonds. The molecular formula is C17H26ClN3. The summed E-state index contributed by atoms with van der Waals surface area (Å²) in [6, 6.07) is 6.59. The Kier molecular flexibility index (Phi) is 5.04. The number of benzene rings is 1. The molecule has 1 aromatic rings. The maximum absolute atomic E-state index is 6.08. The number of anilines is 1. The van der Waals surface area contributed by atoms with E-state index < -0.39 is 0 Å². The summed E-state index contributed by atoms with van der Waals surface area (Å²) in [7, 11) is 0. The van der Waals surface area contributed by atoms with Crippen LogP contribution in [-0.4, -0.2) is 42.0 Å². The van der Waals surface area contributed by atoms with Gasteiger partial charge in [0.2, 0.25) is 0 Å². The highest BCUT2D eigenvalue weighted by Crippen LogP contribution is 2.24. The average molecular weight is 308 g/mol. The lowest BCUT2D eigenvalue weighted by Gasteiger charge is -2.40. The Morgan fingerprint density at radius 2 is 1.76 bits per heavy atom. The number of hydrogen-bond acceptors (Lipinski definition) is 3. The molecule has 116 valence electrons. The van der Waals surface area contributed by atoms with E-state index in [1.165, 1.54) is 63.8 Å². The minimum absolute atomic E-state index is 0.780. The first-order valence-electron chi connectivity index (χ1n) is 8.23. The smallest absolute Gasteiger partial charge is 0.0410 e. The minimum Gasteiger partial charge on any atom is -0.398 e. The van der Waals surface area contributed by atoms with E-state index in [0.717, 1.165) is 23.3 Å². The number of piperidine rings is 2. The SMILES string of the molecule is Nc1ccc(Cl)cc1CN1CCC(N2CCCCC2)CC1. The lowest BCUT2D eigenvalue weighted by atomic mass is 9.99. The Morgan fingerprint density at radius 1 is 1.05 bits per heavy atom. The minimum atomic E-state index is 0.780. The standard InChI is InChI=1S/C17H26ClN3/c18-15-4-5-17(19)14(12-15)13-20-10-6-16(7-11-20)21-8-2-1-3-9-21/h4-5,12,16H,1-3,6-11,13,19H2. The van der Waals surface area contributed by atoms with Crippen molar-refractivity contribution in [1.82, 2.24) is 9.80 Å². The predicted octanol–water partition coefficient (Wildman–Crippen LogP) is 3.37. The Morgan fingerprint density at radius 3 is 2.48 bits per heavy atom. The van der Waals surface area contributed by atoms with Crippen LogP contribution in [0, 0.1) is 0 Å². The van der Waals surface area contributed by atoms with Gasteiger partial charge in [0.25, 0.3) is 0 Å². The molecule has 0 saturated carbocycles. The normalized spacial score (nSPS) is 22.5. The van der Waals surface area contributed by atoms with Gasteiger partial charge in [-0.05, 0) is 75.6 Å². The van der Waals surface area contributed by atoms with Crippen LogP contribution < -0.4 is 5.73 Å². The van der Waals surface area contributed by atoms with Crippen LogP contribution in [0.2, 0.25) is 5.02 Å². The first-order valence-corrected chi connectivity index (χ1v) is 8.60. The Bertz CT molecular complexity index is 463. The fourth-order valence-electron chi connectivity index (χ4n) is 3.68. The fourth-order valence-corrected chi connectivity index (χ4v) is 3.87. The molecule has 2 heterocycles. The van der Waals surface area contributed by atoms with Gasteiger partial charge in [0.15, 0.2) is 0 Å². The van der Waals surface area contributed by atoms with Gasteiger partial charge < -0.3 is 10.6 Å². The second kappa shape index (κ2) is 6.99. The summed E-state index contributed by atoms with van der Waals surface area (Å²) in [6.45, 7) is 5.90. The topological polar surface area (TPSA) is 32.5 Å². The third kappa shape index (κ3) is 3.91. The Balaban J connectivity index is 1.52. The number of hydrogen-bond donors (Lipinski definition) is 1. The summed E-state index contributed by atoms with van der Waals surface area (Å²) in [5.41, 5.74) is 8.08. The molecule has 0 atom stereocenters. The molecule has 0 unspecified atom stereocenters. The number of nitrogen functional groups attached to an aromatic ring is 1. The third-order valence-corrected chi connectivity index (χ3v) is 5.20. The highest BCUT2D eigenvalue weighted by Gasteiger charge is 2.25. The largest absolute Gasteiger partial charge is 0.398 e. The van der Waals surface area contributed by atoms with Crippen LogP contribution in [0.15, 0.2) is 18.2 Å². The van der Waals surface area contributed by atoms with Gasteiger partial charge in [0.05, 0.1) is 0 Å². The van der Waals surface area contributed by atoms with Crippen molar-refractivity contribution in [2.75, 3.05) is 31.9 Å². The molecule has 0 aliphatic carbocycles. The maximum Gasteiger partial charge on any atom is 0.0410 e. The summed E-state index contributed by atoms with van der Waals surface area (Å²) >= 11 is 6.08. The molecule has 21 heavy (non-hydrogen) atoms. The van der Waals surface area contributed by atoms with Gasteiger partial charge in [-0.2, -0.15) is 0 Å². The van der Waals surface area contributed by atoms with Gasteiger partial charge in [-0.25, -0.2) is 0 Å². The van der Waals surface area contributed by atoms with Gasteiger partial charge in [0.1, 0.15) is 0 Å². The lowest BCUT2D eigenvalue weighted by molar-refractivity contribution is 0.0897. The van der Waals surface area contributed by atoms with Crippen molar-refractivity contribution in [3.8, 4) is 0 Å². The van der Waals surface area contributed by atoms with Crippen molar-refractivity contribution in [1.29, 1.82) is 0 Å². The number of rotatable bonds is 3. The molecule has 0 spiro atoms. The molecule has 0 bridgehead atoms. The van der Waals surface area contributed by atoms with E-state index in [1.807, 2.05) is 18.2 Å². The molecule has 2 saturated heterocycles. The number of nitrogens with zero attached hydrogens (tertiary/aromatic N) is 2. The van der Waals surface area contributed by atoms with Crippen LogP contribution in [-0.2, 0) is 6.54 Å². The Hall–Kier alpha value is -0.770. The number of likely N-dealkylation sites (tertiary alicyclic amines) is 2. The van der Waals surface area contributed by atoms with E-state index in [4.69, 9.17) is 17.3 Å². The quantitative estimate of drug-likeness (QED) is 0.869. The second-order valence-electron chi connectivity index (χ2n) is 6.45. The maximum atomic E-state index is 6.08. The van der Waals surface area contributed by atoms with Crippen LogP contribution in [0.1, 0.15) is 37.7 Å². The molecule has 0 aromatic heterocycles. The van der Waals surface area contributed by atoms with Gasteiger partial charge >= 0.3 is 0 Å². The monoisotopic (exact) mass is 307 g/mol. The van der Waals surface area contributed by atoms with Crippen LogP contribution in [0.5, 0.6) is 0 Å². The molecule has 3 nitrogen and oxygen atoms in total. The van der Waals surface area contributed by atoms with Crippen molar-refractivity contribution >= 4 is 17.3 Å². The van der Waals surface area contributed by atoms with Crippen molar-refractivity contribution in [2.45, 2.75) is 44.7 Å². The third-order valence-electron chi connectivity index (χ3n) is 4.96. The van der Waals surface area contributed by atoms with Gasteiger partial charge in [-0.15, -0.1) is 0 Å². The van der Waals surface area contributed by atoms with Crippen LogP contribution >= 0.6 is 11.6 Å². The highest BCUT2D eigenvalue weighted by atomic mass is 35.5. The molecule has 3 rings (SSSR count). The number of nitrogens with two attached hydrogens (primary N) is 1. The van der Waals surface area contributed by atoms with E-state index in [1.54, 1.807) is 0 Å². The van der Waals surface area contributed by atoms with Crippen LogP contribution in [0.25, 0.3) is 0 Å². The lowest BCUT2D eigenvalue weighted by Crippen LogP contribution is -2.46. The van der Waals surface area contributed by atoms with Crippen molar-refractivity contribution in [3.05, 3.63) is 28.8 Å².